The molecule has 0 aliphatic heterocycles. The van der Waals surface area contributed by atoms with Gasteiger partial charge in [0.25, 0.3) is 5.91 Å². The van der Waals surface area contributed by atoms with E-state index in [4.69, 9.17) is 27.9 Å². The van der Waals surface area contributed by atoms with Crippen molar-refractivity contribution in [3.8, 4) is 5.75 Å². The monoisotopic (exact) mass is 457 g/mol. The number of hydrogen-bond donors (Lipinski definition) is 1. The predicted octanol–water partition coefficient (Wildman–Crippen LogP) is 6.13. The van der Waals surface area contributed by atoms with E-state index < -0.39 is 0 Å². The molecular formula is C22H17Cl2N3O2S. The van der Waals surface area contributed by atoms with Crippen LogP contribution in [0.1, 0.15) is 20.8 Å². The fourth-order valence-corrected chi connectivity index (χ4v) is 3.97. The Hall–Kier alpha value is -2.80. The number of thiophene rings is 1. The third-order valence-electron chi connectivity index (χ3n) is 4.28. The summed E-state index contributed by atoms with van der Waals surface area (Å²) in [6.45, 7) is 0.859. The van der Waals surface area contributed by atoms with Crippen molar-refractivity contribution in [2.45, 2.75) is 13.2 Å². The molecular weight excluding hydrogens is 441 g/mol. The van der Waals surface area contributed by atoms with Crippen LogP contribution in [-0.2, 0) is 13.2 Å². The fourth-order valence-electron chi connectivity index (χ4n) is 2.79. The maximum atomic E-state index is 12.5. The summed E-state index contributed by atoms with van der Waals surface area (Å²) >= 11 is 13.6. The summed E-state index contributed by atoms with van der Waals surface area (Å²) in [5.74, 6) is 0.877. The molecule has 8 heteroatoms. The summed E-state index contributed by atoms with van der Waals surface area (Å²) in [6, 6.07) is 18.4. The molecule has 0 saturated carbocycles. The SMILES string of the molecule is O=C(Nc1ccn(Cc2ccccc2Cl)n1)c1cc(COc2ccccc2Cl)cs1. The Bertz CT molecular complexity index is 1170. The maximum Gasteiger partial charge on any atom is 0.266 e. The zero-order valence-electron chi connectivity index (χ0n) is 15.7. The highest BCUT2D eigenvalue weighted by molar-refractivity contribution is 7.12. The number of rotatable bonds is 7. The lowest BCUT2D eigenvalue weighted by molar-refractivity contribution is 0.103. The molecule has 5 nitrogen and oxygen atoms in total. The lowest BCUT2D eigenvalue weighted by atomic mass is 10.2. The molecule has 0 spiro atoms. The molecule has 4 aromatic rings. The Morgan fingerprint density at radius 3 is 2.63 bits per heavy atom. The second-order valence-electron chi connectivity index (χ2n) is 6.48. The van der Waals surface area contributed by atoms with Gasteiger partial charge in [0.1, 0.15) is 12.4 Å². The van der Waals surface area contributed by atoms with Crippen molar-refractivity contribution in [3.63, 3.8) is 0 Å². The molecule has 0 unspecified atom stereocenters. The number of aromatic nitrogens is 2. The van der Waals surface area contributed by atoms with E-state index in [2.05, 4.69) is 10.4 Å². The van der Waals surface area contributed by atoms with Crippen LogP contribution in [0.3, 0.4) is 0 Å². The van der Waals surface area contributed by atoms with Crippen LogP contribution in [0.5, 0.6) is 5.75 Å². The Balaban J connectivity index is 1.35. The predicted molar refractivity (Wildman–Crippen MR) is 121 cm³/mol. The van der Waals surface area contributed by atoms with Gasteiger partial charge in [0, 0.05) is 22.8 Å². The van der Waals surface area contributed by atoms with Crippen LogP contribution < -0.4 is 10.1 Å². The lowest BCUT2D eigenvalue weighted by Crippen LogP contribution is -2.11. The molecule has 1 N–H and O–H groups in total. The van der Waals surface area contributed by atoms with Gasteiger partial charge in [-0.2, -0.15) is 5.10 Å². The minimum Gasteiger partial charge on any atom is -0.487 e. The van der Waals surface area contributed by atoms with Crippen molar-refractivity contribution < 1.29 is 9.53 Å². The molecule has 0 aliphatic rings. The standard InChI is InChI=1S/C22H17Cl2N3O2S/c23-17-6-2-1-5-16(17)12-27-10-9-21(26-27)25-22(28)20-11-15(14-30-20)13-29-19-8-4-3-7-18(19)24/h1-11,14H,12-13H2,(H,25,26,28). The highest BCUT2D eigenvalue weighted by atomic mass is 35.5. The van der Waals surface area contributed by atoms with Gasteiger partial charge < -0.3 is 10.1 Å². The molecule has 2 aromatic heterocycles. The number of ether oxygens (including phenoxy) is 1. The van der Waals surface area contributed by atoms with Gasteiger partial charge in [-0.25, -0.2) is 0 Å². The molecule has 0 atom stereocenters. The number of amides is 1. The van der Waals surface area contributed by atoms with E-state index in [9.17, 15) is 4.79 Å². The molecule has 2 heterocycles. The van der Waals surface area contributed by atoms with Crippen molar-refractivity contribution >= 4 is 46.3 Å². The molecule has 0 saturated heterocycles. The van der Waals surface area contributed by atoms with Crippen LogP contribution >= 0.6 is 34.5 Å². The van der Waals surface area contributed by atoms with Crippen molar-refractivity contribution in [1.82, 2.24) is 9.78 Å². The molecule has 2 aromatic carbocycles. The number of anilines is 1. The Morgan fingerprint density at radius 1 is 1.07 bits per heavy atom. The van der Waals surface area contributed by atoms with Crippen LogP contribution in [0.4, 0.5) is 5.82 Å². The molecule has 0 radical (unpaired) electrons. The first-order valence-corrected chi connectivity index (χ1v) is 10.7. The van der Waals surface area contributed by atoms with E-state index in [0.29, 0.717) is 39.6 Å². The highest BCUT2D eigenvalue weighted by Crippen LogP contribution is 2.25. The van der Waals surface area contributed by atoms with Gasteiger partial charge in [-0.15, -0.1) is 11.3 Å². The normalized spacial score (nSPS) is 10.7. The fraction of sp³-hybridized carbons (Fsp3) is 0.0909. The van der Waals surface area contributed by atoms with Gasteiger partial charge in [0.2, 0.25) is 0 Å². The van der Waals surface area contributed by atoms with E-state index in [1.54, 1.807) is 35.1 Å². The van der Waals surface area contributed by atoms with Crippen molar-refractivity contribution in [3.05, 3.63) is 98.3 Å². The Labute approximate surface area is 187 Å². The molecule has 4 rings (SSSR count). The first-order valence-electron chi connectivity index (χ1n) is 9.11. The van der Waals surface area contributed by atoms with Gasteiger partial charge >= 0.3 is 0 Å². The smallest absolute Gasteiger partial charge is 0.266 e. The second kappa shape index (κ2) is 9.34. The van der Waals surface area contributed by atoms with Crippen molar-refractivity contribution in [1.29, 1.82) is 0 Å². The van der Waals surface area contributed by atoms with Crippen LogP contribution in [0.25, 0.3) is 0 Å². The van der Waals surface area contributed by atoms with E-state index in [0.717, 1.165) is 11.1 Å². The zero-order chi connectivity index (χ0) is 20.9. The molecule has 30 heavy (non-hydrogen) atoms. The van der Waals surface area contributed by atoms with Crippen molar-refractivity contribution in [2.75, 3.05) is 5.32 Å². The first-order chi connectivity index (χ1) is 14.6. The van der Waals surface area contributed by atoms with E-state index in [1.165, 1.54) is 11.3 Å². The molecule has 1 amide bonds. The number of para-hydroxylation sites is 1. The van der Waals surface area contributed by atoms with Gasteiger partial charge in [-0.3, -0.25) is 9.48 Å². The highest BCUT2D eigenvalue weighted by Gasteiger charge is 2.12. The maximum absolute atomic E-state index is 12.5. The summed E-state index contributed by atoms with van der Waals surface area (Å²) < 4.78 is 7.45. The van der Waals surface area contributed by atoms with Crippen LogP contribution in [0.15, 0.2) is 72.2 Å². The average Bonchev–Trinajstić information content (AvgIpc) is 3.39. The quantitative estimate of drug-likeness (QED) is 0.363. The number of nitrogens with zero attached hydrogens (tertiary/aromatic N) is 2. The molecule has 0 bridgehead atoms. The minimum atomic E-state index is -0.216. The van der Waals surface area contributed by atoms with Gasteiger partial charge in [-0.1, -0.05) is 53.5 Å². The van der Waals surface area contributed by atoms with Crippen LogP contribution in [-0.4, -0.2) is 15.7 Å². The summed E-state index contributed by atoms with van der Waals surface area (Å²) in [6.07, 6.45) is 1.80. The lowest BCUT2D eigenvalue weighted by Gasteiger charge is -2.06. The topological polar surface area (TPSA) is 56.2 Å². The third-order valence-corrected chi connectivity index (χ3v) is 5.94. The number of hydrogen-bond acceptors (Lipinski definition) is 4. The average molecular weight is 458 g/mol. The largest absolute Gasteiger partial charge is 0.487 e. The summed E-state index contributed by atoms with van der Waals surface area (Å²) in [5.41, 5.74) is 1.86. The molecule has 152 valence electrons. The van der Waals surface area contributed by atoms with Gasteiger partial charge in [0.15, 0.2) is 5.82 Å². The van der Waals surface area contributed by atoms with Gasteiger partial charge in [-0.05, 0) is 35.2 Å². The summed E-state index contributed by atoms with van der Waals surface area (Å²) in [7, 11) is 0. The van der Waals surface area contributed by atoms with Crippen LogP contribution in [0.2, 0.25) is 10.0 Å². The van der Waals surface area contributed by atoms with Crippen molar-refractivity contribution in [2.24, 2.45) is 0 Å². The number of benzene rings is 2. The molecule has 0 aliphatic carbocycles. The summed E-state index contributed by atoms with van der Waals surface area (Å²) in [5, 5.41) is 10.3. The number of nitrogens with one attached hydrogen (secondary N) is 1. The third kappa shape index (κ3) is 5.02. The minimum absolute atomic E-state index is 0.216. The zero-order valence-corrected chi connectivity index (χ0v) is 18.0. The number of carbonyl (C=O) groups excluding carboxylic acids is 1. The van der Waals surface area contributed by atoms with E-state index in [1.807, 2.05) is 41.8 Å². The Morgan fingerprint density at radius 2 is 1.83 bits per heavy atom. The van der Waals surface area contributed by atoms with E-state index >= 15 is 0 Å². The Kier molecular flexibility index (Phi) is 6.38. The summed E-state index contributed by atoms with van der Waals surface area (Å²) in [4.78, 5) is 13.1. The number of halogens is 2. The molecule has 0 fully saturated rings. The number of carbonyl (C=O) groups is 1. The first kappa shape index (κ1) is 20.5. The van der Waals surface area contributed by atoms with Gasteiger partial charge in [0.05, 0.1) is 16.4 Å². The second-order valence-corrected chi connectivity index (χ2v) is 8.21. The van der Waals surface area contributed by atoms with E-state index in [-0.39, 0.29) is 5.91 Å². The van der Waals surface area contributed by atoms with Crippen LogP contribution in [0, 0.1) is 0 Å².